The minimum atomic E-state index is 0.330. The molecule has 17 heavy (non-hydrogen) atoms. The van der Waals surface area contributed by atoms with Gasteiger partial charge in [0, 0.05) is 11.6 Å². The largest absolute Gasteiger partial charge is 0.493 e. The molecule has 0 heterocycles. The van der Waals surface area contributed by atoms with E-state index in [-0.39, 0.29) is 0 Å². The first-order valence-electron chi connectivity index (χ1n) is 6.59. The lowest BCUT2D eigenvalue weighted by Crippen LogP contribution is -2.14. The summed E-state index contributed by atoms with van der Waals surface area (Å²) in [5.74, 6) is 1.03. The number of nitrogens with one attached hydrogen (secondary N) is 1. The number of ether oxygens (including phenoxy) is 1. The Morgan fingerprint density at radius 1 is 1.29 bits per heavy atom. The third kappa shape index (κ3) is 4.39. The summed E-state index contributed by atoms with van der Waals surface area (Å²) in [6.45, 7) is 7.29. The van der Waals surface area contributed by atoms with E-state index >= 15 is 0 Å². The van der Waals surface area contributed by atoms with Crippen molar-refractivity contribution in [2.24, 2.45) is 0 Å². The Hall–Kier alpha value is -1.02. The van der Waals surface area contributed by atoms with Crippen LogP contribution in [0.25, 0.3) is 0 Å². The monoisotopic (exact) mass is 235 g/mol. The number of benzene rings is 1. The van der Waals surface area contributed by atoms with Gasteiger partial charge in [-0.1, -0.05) is 31.9 Å². The van der Waals surface area contributed by atoms with E-state index in [1.165, 1.54) is 24.0 Å². The quantitative estimate of drug-likeness (QED) is 0.725. The van der Waals surface area contributed by atoms with Gasteiger partial charge in [0.05, 0.1) is 6.61 Å². The fraction of sp³-hybridized carbons (Fsp3) is 0.600. The maximum absolute atomic E-state index is 5.90. The minimum absolute atomic E-state index is 0.330. The highest BCUT2D eigenvalue weighted by atomic mass is 16.5. The van der Waals surface area contributed by atoms with Gasteiger partial charge in [-0.15, -0.1) is 0 Å². The average molecular weight is 235 g/mol. The Balaban J connectivity index is 2.69. The van der Waals surface area contributed by atoms with Crippen LogP contribution in [0.5, 0.6) is 5.75 Å². The molecule has 1 aromatic carbocycles. The second kappa shape index (κ2) is 7.33. The van der Waals surface area contributed by atoms with Crippen LogP contribution < -0.4 is 10.1 Å². The van der Waals surface area contributed by atoms with E-state index in [9.17, 15) is 0 Å². The number of aryl methyl sites for hydroxylation is 1. The van der Waals surface area contributed by atoms with E-state index in [1.54, 1.807) is 0 Å². The predicted molar refractivity (Wildman–Crippen MR) is 73.7 cm³/mol. The van der Waals surface area contributed by atoms with Crippen LogP contribution in [-0.4, -0.2) is 13.7 Å². The fourth-order valence-electron chi connectivity index (χ4n) is 1.81. The summed E-state index contributed by atoms with van der Waals surface area (Å²) in [4.78, 5) is 0. The van der Waals surface area contributed by atoms with Crippen LogP contribution in [0.15, 0.2) is 18.2 Å². The van der Waals surface area contributed by atoms with Crippen molar-refractivity contribution in [3.05, 3.63) is 29.3 Å². The first kappa shape index (κ1) is 14.0. The minimum Gasteiger partial charge on any atom is -0.493 e. The second-order valence-corrected chi connectivity index (χ2v) is 4.61. The number of hydrogen-bond donors (Lipinski definition) is 1. The Kier molecular flexibility index (Phi) is 6.06. The van der Waals surface area contributed by atoms with E-state index in [0.717, 1.165) is 18.8 Å². The molecular weight excluding hydrogens is 210 g/mol. The molecule has 1 atom stereocenters. The molecular formula is C15H25NO. The summed E-state index contributed by atoms with van der Waals surface area (Å²) in [6, 6.07) is 6.76. The smallest absolute Gasteiger partial charge is 0.124 e. The highest BCUT2D eigenvalue weighted by molar-refractivity contribution is 5.39. The SMILES string of the molecule is CCCCCOc1cc(C)ccc1C(C)NC. The fourth-order valence-corrected chi connectivity index (χ4v) is 1.81. The predicted octanol–water partition coefficient (Wildman–Crippen LogP) is 3.84. The molecule has 2 nitrogen and oxygen atoms in total. The number of hydrogen-bond acceptors (Lipinski definition) is 2. The van der Waals surface area contributed by atoms with Gasteiger partial charge in [-0.05, 0) is 38.9 Å². The van der Waals surface area contributed by atoms with Crippen LogP contribution in [0.2, 0.25) is 0 Å². The molecule has 0 bridgehead atoms. The van der Waals surface area contributed by atoms with E-state index < -0.39 is 0 Å². The lowest BCUT2D eigenvalue weighted by molar-refractivity contribution is 0.300. The zero-order valence-electron chi connectivity index (χ0n) is 11.5. The lowest BCUT2D eigenvalue weighted by Gasteiger charge is -2.17. The van der Waals surface area contributed by atoms with Crippen LogP contribution in [0.3, 0.4) is 0 Å². The molecule has 1 rings (SSSR count). The van der Waals surface area contributed by atoms with Crippen LogP contribution >= 0.6 is 0 Å². The van der Waals surface area contributed by atoms with E-state index in [4.69, 9.17) is 4.74 Å². The third-order valence-electron chi connectivity index (χ3n) is 3.07. The van der Waals surface area contributed by atoms with Gasteiger partial charge in [-0.3, -0.25) is 0 Å². The number of unbranched alkanes of at least 4 members (excludes halogenated alkanes) is 2. The van der Waals surface area contributed by atoms with Gasteiger partial charge in [0.1, 0.15) is 5.75 Å². The molecule has 0 amide bonds. The molecule has 0 aliphatic carbocycles. The van der Waals surface area contributed by atoms with Crippen molar-refractivity contribution in [2.75, 3.05) is 13.7 Å². The van der Waals surface area contributed by atoms with E-state index in [0.29, 0.717) is 6.04 Å². The summed E-state index contributed by atoms with van der Waals surface area (Å²) in [6.07, 6.45) is 3.61. The molecule has 0 saturated carbocycles. The molecule has 0 spiro atoms. The maximum Gasteiger partial charge on any atom is 0.124 e. The van der Waals surface area contributed by atoms with E-state index in [1.807, 2.05) is 7.05 Å². The highest BCUT2D eigenvalue weighted by Crippen LogP contribution is 2.26. The van der Waals surface area contributed by atoms with Crippen molar-refractivity contribution in [3.63, 3.8) is 0 Å². The highest BCUT2D eigenvalue weighted by Gasteiger charge is 2.09. The van der Waals surface area contributed by atoms with Crippen molar-refractivity contribution >= 4 is 0 Å². The third-order valence-corrected chi connectivity index (χ3v) is 3.07. The van der Waals surface area contributed by atoms with Crippen molar-refractivity contribution in [2.45, 2.75) is 46.1 Å². The summed E-state index contributed by atoms with van der Waals surface area (Å²) in [5.41, 5.74) is 2.50. The van der Waals surface area contributed by atoms with Gasteiger partial charge >= 0.3 is 0 Å². The lowest BCUT2D eigenvalue weighted by atomic mass is 10.1. The topological polar surface area (TPSA) is 21.3 Å². The first-order chi connectivity index (χ1) is 8.19. The van der Waals surface area contributed by atoms with Crippen molar-refractivity contribution in [1.82, 2.24) is 5.32 Å². The van der Waals surface area contributed by atoms with Gasteiger partial charge in [0.15, 0.2) is 0 Å². The molecule has 0 saturated heterocycles. The molecule has 96 valence electrons. The van der Waals surface area contributed by atoms with Gasteiger partial charge < -0.3 is 10.1 Å². The molecule has 0 radical (unpaired) electrons. The number of rotatable bonds is 7. The van der Waals surface area contributed by atoms with Crippen molar-refractivity contribution in [3.8, 4) is 5.75 Å². The normalized spacial score (nSPS) is 12.5. The van der Waals surface area contributed by atoms with Crippen LogP contribution in [0.4, 0.5) is 0 Å². The summed E-state index contributed by atoms with van der Waals surface area (Å²) in [5, 5.41) is 3.26. The van der Waals surface area contributed by atoms with Crippen LogP contribution in [-0.2, 0) is 0 Å². The molecule has 0 aliphatic rings. The molecule has 1 aromatic rings. The zero-order valence-corrected chi connectivity index (χ0v) is 11.5. The molecule has 1 N–H and O–H groups in total. The van der Waals surface area contributed by atoms with Crippen LogP contribution in [0, 0.1) is 6.92 Å². The van der Waals surface area contributed by atoms with Crippen molar-refractivity contribution < 1.29 is 4.74 Å². The molecule has 0 fully saturated rings. The summed E-state index contributed by atoms with van der Waals surface area (Å²) in [7, 11) is 1.98. The Bertz CT molecular complexity index is 336. The molecule has 2 heteroatoms. The first-order valence-corrected chi connectivity index (χ1v) is 6.59. The Morgan fingerprint density at radius 2 is 2.06 bits per heavy atom. The van der Waals surface area contributed by atoms with E-state index in [2.05, 4.69) is 44.3 Å². The Morgan fingerprint density at radius 3 is 2.71 bits per heavy atom. The zero-order chi connectivity index (χ0) is 12.7. The molecule has 1 unspecified atom stereocenters. The van der Waals surface area contributed by atoms with Gasteiger partial charge in [-0.2, -0.15) is 0 Å². The Labute approximate surface area is 105 Å². The maximum atomic E-state index is 5.90. The molecule has 0 aliphatic heterocycles. The van der Waals surface area contributed by atoms with Crippen molar-refractivity contribution in [1.29, 1.82) is 0 Å². The summed E-state index contributed by atoms with van der Waals surface area (Å²) < 4.78 is 5.90. The van der Waals surface area contributed by atoms with Crippen LogP contribution in [0.1, 0.15) is 50.3 Å². The average Bonchev–Trinajstić information content (AvgIpc) is 2.34. The standard InChI is InChI=1S/C15H25NO/c1-5-6-7-10-17-15-11-12(2)8-9-14(15)13(3)16-4/h8-9,11,13,16H,5-7,10H2,1-4H3. The molecule has 0 aromatic heterocycles. The van der Waals surface area contributed by atoms with Gasteiger partial charge in [-0.25, -0.2) is 0 Å². The second-order valence-electron chi connectivity index (χ2n) is 4.61. The summed E-state index contributed by atoms with van der Waals surface area (Å²) >= 11 is 0. The van der Waals surface area contributed by atoms with Gasteiger partial charge in [0.2, 0.25) is 0 Å². The van der Waals surface area contributed by atoms with Gasteiger partial charge in [0.25, 0.3) is 0 Å².